The molecule has 1 aromatic carbocycles. The summed E-state index contributed by atoms with van der Waals surface area (Å²) in [5, 5.41) is 0. The predicted molar refractivity (Wildman–Crippen MR) is 146 cm³/mol. The molecule has 0 bridgehead atoms. The fourth-order valence-corrected chi connectivity index (χ4v) is 4.10. The van der Waals surface area contributed by atoms with Crippen LogP contribution in [0.1, 0.15) is 116 Å². The van der Waals surface area contributed by atoms with Gasteiger partial charge < -0.3 is 4.74 Å². The molecule has 188 valence electrons. The highest BCUT2D eigenvalue weighted by Crippen LogP contribution is 2.20. The minimum atomic E-state index is 0.771. The van der Waals surface area contributed by atoms with Gasteiger partial charge in [0, 0.05) is 18.0 Å². The van der Waals surface area contributed by atoms with E-state index in [9.17, 15) is 0 Å². The van der Waals surface area contributed by atoms with E-state index in [0.29, 0.717) is 0 Å². The van der Waals surface area contributed by atoms with Gasteiger partial charge in [-0.1, -0.05) is 83.8 Å². The molecule has 2 aromatic rings. The van der Waals surface area contributed by atoms with Crippen molar-refractivity contribution >= 4 is 0 Å². The number of hydrogen-bond acceptors (Lipinski definition) is 3. The second kappa shape index (κ2) is 19.2. The molecular weight excluding hydrogens is 416 g/mol. The summed E-state index contributed by atoms with van der Waals surface area (Å²) in [6.45, 7) is 5.30. The lowest BCUT2D eigenvalue weighted by molar-refractivity contribution is 0.307. The number of allylic oxidation sites excluding steroid dienone is 2. The number of aromatic nitrogens is 2. The highest BCUT2D eigenvalue weighted by Gasteiger charge is 2.03. The molecule has 3 nitrogen and oxygen atoms in total. The fraction of sp³-hybridized carbons (Fsp3) is 0.613. The van der Waals surface area contributed by atoms with Gasteiger partial charge in [0.1, 0.15) is 5.75 Å². The first kappa shape index (κ1) is 28.1. The summed E-state index contributed by atoms with van der Waals surface area (Å²) in [4.78, 5) is 9.18. The molecule has 0 atom stereocenters. The Morgan fingerprint density at radius 1 is 0.647 bits per heavy atom. The van der Waals surface area contributed by atoms with Gasteiger partial charge in [0.25, 0.3) is 0 Å². The molecule has 34 heavy (non-hydrogen) atoms. The van der Waals surface area contributed by atoms with E-state index in [1.807, 2.05) is 24.5 Å². The largest absolute Gasteiger partial charge is 0.494 e. The van der Waals surface area contributed by atoms with Gasteiger partial charge in [-0.3, -0.25) is 0 Å². The molecule has 0 aliphatic heterocycles. The summed E-state index contributed by atoms with van der Waals surface area (Å²) in [5.41, 5.74) is 2.28. The van der Waals surface area contributed by atoms with Gasteiger partial charge in [-0.15, -0.1) is 0 Å². The Labute approximate surface area is 209 Å². The predicted octanol–water partition coefficient (Wildman–Crippen LogP) is 9.51. The van der Waals surface area contributed by atoms with Gasteiger partial charge in [0.15, 0.2) is 5.82 Å². The summed E-state index contributed by atoms with van der Waals surface area (Å²) in [5.74, 6) is 1.71. The molecule has 0 aliphatic carbocycles. The van der Waals surface area contributed by atoms with E-state index in [1.54, 1.807) is 0 Å². The van der Waals surface area contributed by atoms with Crippen molar-refractivity contribution in [3.05, 3.63) is 54.4 Å². The Bertz CT molecular complexity index is 752. The van der Waals surface area contributed by atoms with Gasteiger partial charge in [0.2, 0.25) is 0 Å². The first-order valence-electron chi connectivity index (χ1n) is 14.0. The monoisotopic (exact) mass is 464 g/mol. The zero-order valence-corrected chi connectivity index (χ0v) is 21.9. The van der Waals surface area contributed by atoms with Crippen LogP contribution in [0, 0.1) is 0 Å². The number of rotatable bonds is 20. The molecule has 0 radical (unpaired) electrons. The maximum absolute atomic E-state index is 5.91. The number of unbranched alkanes of at least 4 members (excludes halogenated alkanes) is 12. The molecule has 0 saturated carbocycles. The molecule has 1 aromatic heterocycles. The van der Waals surface area contributed by atoms with Crippen molar-refractivity contribution in [3.63, 3.8) is 0 Å². The Morgan fingerprint density at radius 3 is 1.85 bits per heavy atom. The second-order valence-corrected chi connectivity index (χ2v) is 9.48. The summed E-state index contributed by atoms with van der Waals surface area (Å²) >= 11 is 0. The van der Waals surface area contributed by atoms with Crippen molar-refractivity contribution in [2.75, 3.05) is 6.61 Å². The average molecular weight is 465 g/mol. The molecule has 1 heterocycles. The van der Waals surface area contributed by atoms with Crippen LogP contribution in [0.25, 0.3) is 11.4 Å². The Hall–Kier alpha value is -2.16. The Morgan fingerprint density at radius 2 is 1.21 bits per heavy atom. The van der Waals surface area contributed by atoms with Crippen LogP contribution >= 0.6 is 0 Å². The second-order valence-electron chi connectivity index (χ2n) is 9.48. The van der Waals surface area contributed by atoms with Crippen LogP contribution < -0.4 is 4.74 Å². The SMILES string of the molecule is CCCCCC/C=C\CCCCOc1ccc(-c2ncc(CCCCCCCCC)cn2)cc1. The van der Waals surface area contributed by atoms with Crippen LogP contribution in [0.3, 0.4) is 0 Å². The third-order valence-corrected chi connectivity index (χ3v) is 6.31. The summed E-state index contributed by atoms with van der Waals surface area (Å²) < 4.78 is 5.91. The quantitative estimate of drug-likeness (QED) is 0.144. The van der Waals surface area contributed by atoms with Crippen LogP contribution in [-0.2, 0) is 6.42 Å². The molecule has 0 unspecified atom stereocenters. The Balaban J connectivity index is 1.58. The Kier molecular flexibility index (Phi) is 15.8. The van der Waals surface area contributed by atoms with Crippen LogP contribution in [0.5, 0.6) is 5.75 Å². The first-order chi connectivity index (χ1) is 16.8. The van der Waals surface area contributed by atoms with Crippen LogP contribution in [0.2, 0.25) is 0 Å². The maximum atomic E-state index is 5.91. The smallest absolute Gasteiger partial charge is 0.159 e. The minimum absolute atomic E-state index is 0.771. The lowest BCUT2D eigenvalue weighted by Crippen LogP contribution is -1.97. The van der Waals surface area contributed by atoms with Crippen LogP contribution in [0.4, 0.5) is 0 Å². The topological polar surface area (TPSA) is 35.0 Å². The minimum Gasteiger partial charge on any atom is -0.494 e. The normalized spacial score (nSPS) is 11.4. The summed E-state index contributed by atoms with van der Waals surface area (Å²) in [6.07, 6.45) is 29.1. The van der Waals surface area contributed by atoms with Crippen molar-refractivity contribution in [2.45, 2.75) is 117 Å². The zero-order valence-electron chi connectivity index (χ0n) is 21.9. The van der Waals surface area contributed by atoms with Gasteiger partial charge in [0.05, 0.1) is 6.61 Å². The van der Waals surface area contributed by atoms with Crippen molar-refractivity contribution in [3.8, 4) is 17.1 Å². The van der Waals surface area contributed by atoms with E-state index in [2.05, 4.69) is 48.1 Å². The molecule has 3 heteroatoms. The standard InChI is InChI=1S/C31H48N2O/c1-3-5-7-9-11-12-13-15-17-19-25-34-30-23-21-29(22-24-30)31-32-26-28(27-33-31)20-18-16-14-10-8-6-4-2/h12-13,21-24,26-27H,3-11,14-20,25H2,1-2H3/b13-12-. The molecule has 0 fully saturated rings. The molecule has 0 aliphatic rings. The number of benzene rings is 1. The van der Waals surface area contributed by atoms with Gasteiger partial charge in [-0.25, -0.2) is 9.97 Å². The molecule has 0 N–H and O–H groups in total. The number of aryl methyl sites for hydroxylation is 1. The molecule has 2 rings (SSSR count). The van der Waals surface area contributed by atoms with Crippen molar-refractivity contribution in [1.82, 2.24) is 9.97 Å². The highest BCUT2D eigenvalue weighted by atomic mass is 16.5. The summed E-state index contributed by atoms with van der Waals surface area (Å²) in [7, 11) is 0. The third-order valence-electron chi connectivity index (χ3n) is 6.31. The van der Waals surface area contributed by atoms with E-state index in [1.165, 1.54) is 89.0 Å². The van der Waals surface area contributed by atoms with Crippen molar-refractivity contribution < 1.29 is 4.74 Å². The average Bonchev–Trinajstić information content (AvgIpc) is 2.87. The number of nitrogens with zero attached hydrogens (tertiary/aromatic N) is 2. The van der Waals surface area contributed by atoms with E-state index in [4.69, 9.17) is 4.74 Å². The highest BCUT2D eigenvalue weighted by molar-refractivity contribution is 5.55. The molecule has 0 spiro atoms. The van der Waals surface area contributed by atoms with Crippen LogP contribution in [0.15, 0.2) is 48.8 Å². The lowest BCUT2D eigenvalue weighted by atomic mass is 10.1. The van der Waals surface area contributed by atoms with Crippen LogP contribution in [-0.4, -0.2) is 16.6 Å². The number of ether oxygens (including phenoxy) is 1. The number of hydrogen-bond donors (Lipinski definition) is 0. The molecule has 0 amide bonds. The third kappa shape index (κ3) is 12.9. The van der Waals surface area contributed by atoms with Gasteiger partial charge in [-0.2, -0.15) is 0 Å². The first-order valence-corrected chi connectivity index (χ1v) is 14.0. The maximum Gasteiger partial charge on any atom is 0.159 e. The van der Waals surface area contributed by atoms with Gasteiger partial charge >= 0.3 is 0 Å². The van der Waals surface area contributed by atoms with E-state index in [0.717, 1.165) is 43.0 Å². The zero-order chi connectivity index (χ0) is 24.1. The van der Waals surface area contributed by atoms with Crippen molar-refractivity contribution in [1.29, 1.82) is 0 Å². The van der Waals surface area contributed by atoms with E-state index >= 15 is 0 Å². The van der Waals surface area contributed by atoms with Crippen molar-refractivity contribution in [2.24, 2.45) is 0 Å². The molecule has 0 saturated heterocycles. The summed E-state index contributed by atoms with van der Waals surface area (Å²) in [6, 6.07) is 8.17. The van der Waals surface area contributed by atoms with E-state index < -0.39 is 0 Å². The van der Waals surface area contributed by atoms with E-state index in [-0.39, 0.29) is 0 Å². The van der Waals surface area contributed by atoms with Gasteiger partial charge in [-0.05, 0) is 74.8 Å². The fourth-order valence-electron chi connectivity index (χ4n) is 4.10. The molecular formula is C31H48N2O. The lowest BCUT2D eigenvalue weighted by Gasteiger charge is -2.07.